The number of allylic oxidation sites excluding steroid dienone is 2. The van der Waals surface area contributed by atoms with Crippen LogP contribution in [0.5, 0.6) is 0 Å². The largest absolute Gasteiger partial charge is 0.380 e. The maximum atomic E-state index is 11.0. The summed E-state index contributed by atoms with van der Waals surface area (Å²) in [5.41, 5.74) is -1.14. The van der Waals surface area contributed by atoms with E-state index in [1.807, 2.05) is 18.2 Å². The molecule has 1 N–H and O–H groups in total. The van der Waals surface area contributed by atoms with Crippen molar-refractivity contribution >= 4 is 0 Å². The van der Waals surface area contributed by atoms with Crippen LogP contribution in [0.3, 0.4) is 0 Å². The number of aliphatic hydroxyl groups is 1. The standard InChI is InChI=1S/C31H58O3/c1-4-6-8-10-12-14-16-18-20-24-28-33-31(27-23-22-26-30(31,3)32)34-29-25-21-19-17-15-13-11-9-7-5-2/h22-23,26-27,32H,4-21,24-25,28-29H2,1-3H3. The van der Waals surface area contributed by atoms with Crippen molar-refractivity contribution in [1.82, 2.24) is 0 Å². The first-order valence-corrected chi connectivity index (χ1v) is 15.0. The van der Waals surface area contributed by atoms with E-state index in [4.69, 9.17) is 9.47 Å². The SMILES string of the molecule is CCCCCCCCCCCCOC1(OCCCCCCCCCCCC)C=CC=CC1(C)O. The van der Waals surface area contributed by atoms with Gasteiger partial charge in [-0.2, -0.15) is 0 Å². The van der Waals surface area contributed by atoms with E-state index < -0.39 is 11.4 Å². The number of hydrogen-bond acceptors (Lipinski definition) is 3. The van der Waals surface area contributed by atoms with Crippen molar-refractivity contribution in [3.63, 3.8) is 0 Å². The monoisotopic (exact) mass is 478 g/mol. The second kappa shape index (κ2) is 20.5. The third-order valence-corrected chi connectivity index (χ3v) is 7.18. The number of ether oxygens (including phenoxy) is 2. The molecule has 0 aromatic heterocycles. The Balaban J connectivity index is 2.19. The summed E-state index contributed by atoms with van der Waals surface area (Å²) in [6.45, 7) is 7.60. The Morgan fingerprint density at radius 2 is 0.824 bits per heavy atom. The Morgan fingerprint density at radius 1 is 0.500 bits per heavy atom. The molecule has 0 aromatic carbocycles. The maximum absolute atomic E-state index is 11.0. The summed E-state index contributed by atoms with van der Waals surface area (Å²) in [5, 5.41) is 11.0. The summed E-state index contributed by atoms with van der Waals surface area (Å²) in [6.07, 6.45) is 33.6. The van der Waals surface area contributed by atoms with Gasteiger partial charge in [0, 0.05) is 0 Å². The van der Waals surface area contributed by atoms with Crippen LogP contribution >= 0.6 is 0 Å². The minimum atomic E-state index is -1.14. The molecule has 0 aromatic rings. The number of unbranched alkanes of at least 4 members (excludes halogenated alkanes) is 18. The molecule has 0 radical (unpaired) electrons. The van der Waals surface area contributed by atoms with E-state index in [2.05, 4.69) is 13.8 Å². The normalized spacial score (nSPS) is 19.2. The van der Waals surface area contributed by atoms with Crippen LogP contribution in [-0.2, 0) is 9.47 Å². The molecule has 0 saturated carbocycles. The Morgan fingerprint density at radius 3 is 1.18 bits per heavy atom. The van der Waals surface area contributed by atoms with Gasteiger partial charge in [0.2, 0.25) is 5.79 Å². The zero-order chi connectivity index (χ0) is 24.8. The average Bonchev–Trinajstić information content (AvgIpc) is 2.82. The molecule has 3 heteroatoms. The first-order chi connectivity index (χ1) is 16.6. The topological polar surface area (TPSA) is 38.7 Å². The zero-order valence-corrected chi connectivity index (χ0v) is 23.1. The van der Waals surface area contributed by atoms with Crippen LogP contribution in [0.4, 0.5) is 0 Å². The van der Waals surface area contributed by atoms with Crippen LogP contribution in [0.25, 0.3) is 0 Å². The Kier molecular flexibility index (Phi) is 19.0. The van der Waals surface area contributed by atoms with Crippen molar-refractivity contribution in [2.75, 3.05) is 13.2 Å². The highest BCUT2D eigenvalue weighted by Gasteiger charge is 2.47. The van der Waals surface area contributed by atoms with Crippen LogP contribution in [0.15, 0.2) is 24.3 Å². The van der Waals surface area contributed by atoms with Gasteiger partial charge in [0.05, 0.1) is 13.2 Å². The smallest absolute Gasteiger partial charge is 0.221 e. The van der Waals surface area contributed by atoms with E-state index >= 15 is 0 Å². The Bertz CT molecular complexity index is 483. The summed E-state index contributed by atoms with van der Waals surface area (Å²) >= 11 is 0. The van der Waals surface area contributed by atoms with E-state index in [0.29, 0.717) is 13.2 Å². The van der Waals surface area contributed by atoms with Gasteiger partial charge in [-0.1, -0.05) is 142 Å². The fraction of sp³-hybridized carbons (Fsp3) is 0.871. The summed E-state index contributed by atoms with van der Waals surface area (Å²) in [4.78, 5) is 0. The summed E-state index contributed by atoms with van der Waals surface area (Å²) < 4.78 is 12.5. The predicted molar refractivity (Wildman–Crippen MR) is 147 cm³/mol. The van der Waals surface area contributed by atoms with E-state index in [-0.39, 0.29) is 0 Å². The molecule has 0 aliphatic heterocycles. The molecule has 1 aliphatic carbocycles. The second-order valence-electron chi connectivity index (χ2n) is 10.6. The van der Waals surface area contributed by atoms with Gasteiger partial charge in [-0.25, -0.2) is 0 Å². The van der Waals surface area contributed by atoms with Crippen molar-refractivity contribution < 1.29 is 14.6 Å². The van der Waals surface area contributed by atoms with Crippen molar-refractivity contribution in [2.45, 2.75) is 161 Å². The van der Waals surface area contributed by atoms with Gasteiger partial charge < -0.3 is 14.6 Å². The number of rotatable bonds is 24. The van der Waals surface area contributed by atoms with Gasteiger partial charge in [-0.05, 0) is 31.9 Å². The van der Waals surface area contributed by atoms with E-state index in [1.54, 1.807) is 13.0 Å². The lowest BCUT2D eigenvalue weighted by Crippen LogP contribution is -2.54. The summed E-state index contributed by atoms with van der Waals surface area (Å²) in [5.74, 6) is -1.06. The fourth-order valence-electron chi connectivity index (χ4n) is 4.77. The van der Waals surface area contributed by atoms with Crippen LogP contribution < -0.4 is 0 Å². The molecule has 3 nitrogen and oxygen atoms in total. The molecule has 1 atom stereocenters. The summed E-state index contributed by atoms with van der Waals surface area (Å²) in [7, 11) is 0. The van der Waals surface area contributed by atoms with Gasteiger partial charge in [0.25, 0.3) is 0 Å². The highest BCUT2D eigenvalue weighted by Crippen LogP contribution is 2.34. The third-order valence-electron chi connectivity index (χ3n) is 7.18. The van der Waals surface area contributed by atoms with Gasteiger partial charge in [0.1, 0.15) is 5.60 Å². The van der Waals surface area contributed by atoms with Crippen molar-refractivity contribution in [1.29, 1.82) is 0 Å². The second-order valence-corrected chi connectivity index (χ2v) is 10.6. The lowest BCUT2D eigenvalue weighted by atomic mass is 9.90. The molecule has 1 aliphatic rings. The Hall–Kier alpha value is -0.640. The van der Waals surface area contributed by atoms with Crippen molar-refractivity contribution in [3.8, 4) is 0 Å². The zero-order valence-electron chi connectivity index (χ0n) is 23.1. The maximum Gasteiger partial charge on any atom is 0.221 e. The molecule has 0 heterocycles. The summed E-state index contributed by atoms with van der Waals surface area (Å²) in [6, 6.07) is 0. The first-order valence-electron chi connectivity index (χ1n) is 15.0. The molecule has 0 bridgehead atoms. The van der Waals surface area contributed by atoms with E-state index in [9.17, 15) is 5.11 Å². The Labute approximate surface area is 212 Å². The molecule has 0 fully saturated rings. The van der Waals surface area contributed by atoms with E-state index in [0.717, 1.165) is 12.8 Å². The van der Waals surface area contributed by atoms with Crippen LogP contribution in [-0.4, -0.2) is 29.7 Å². The van der Waals surface area contributed by atoms with Gasteiger partial charge >= 0.3 is 0 Å². The van der Waals surface area contributed by atoms with Gasteiger partial charge in [-0.3, -0.25) is 0 Å². The van der Waals surface area contributed by atoms with Crippen LogP contribution in [0.1, 0.15) is 149 Å². The lowest BCUT2D eigenvalue weighted by Gasteiger charge is -2.42. The fourth-order valence-corrected chi connectivity index (χ4v) is 4.77. The minimum absolute atomic E-state index is 0.628. The highest BCUT2D eigenvalue weighted by molar-refractivity contribution is 5.25. The molecule has 0 amide bonds. The molecule has 1 rings (SSSR count). The number of hydrogen-bond donors (Lipinski definition) is 1. The molecule has 1 unspecified atom stereocenters. The predicted octanol–water partition coefficient (Wildman–Crippen LogP) is 9.43. The molecule has 0 saturated heterocycles. The van der Waals surface area contributed by atoms with Gasteiger partial charge in [0.15, 0.2) is 0 Å². The highest BCUT2D eigenvalue weighted by atomic mass is 16.7. The van der Waals surface area contributed by atoms with Crippen molar-refractivity contribution in [2.24, 2.45) is 0 Å². The van der Waals surface area contributed by atoms with Crippen molar-refractivity contribution in [3.05, 3.63) is 24.3 Å². The third kappa shape index (κ3) is 14.0. The molecule has 200 valence electrons. The van der Waals surface area contributed by atoms with E-state index in [1.165, 1.54) is 116 Å². The van der Waals surface area contributed by atoms with Crippen LogP contribution in [0.2, 0.25) is 0 Å². The molecule has 0 spiro atoms. The molecular weight excluding hydrogens is 420 g/mol. The van der Waals surface area contributed by atoms with Crippen LogP contribution in [0, 0.1) is 0 Å². The minimum Gasteiger partial charge on any atom is -0.380 e. The lowest BCUT2D eigenvalue weighted by molar-refractivity contribution is -0.275. The molecule has 34 heavy (non-hydrogen) atoms. The first kappa shape index (κ1) is 31.4. The quantitative estimate of drug-likeness (QED) is 0.111. The average molecular weight is 479 g/mol. The molecular formula is C31H58O3. The van der Waals surface area contributed by atoms with Gasteiger partial charge in [-0.15, -0.1) is 0 Å².